The lowest BCUT2D eigenvalue weighted by molar-refractivity contribution is 0.0783. The summed E-state index contributed by atoms with van der Waals surface area (Å²) in [6.45, 7) is 9.20. The lowest BCUT2D eigenvalue weighted by Crippen LogP contribution is -2.27. The van der Waals surface area contributed by atoms with E-state index in [1.165, 1.54) is 0 Å². The number of para-hydroxylation sites is 1. The molecule has 3 rings (SSSR count). The van der Waals surface area contributed by atoms with E-state index in [9.17, 15) is 4.79 Å². The minimum absolute atomic E-state index is 0.0224. The number of carbonyl (C=O) groups is 1. The molecule has 3 aromatic rings. The molecule has 136 valence electrons. The zero-order chi connectivity index (χ0) is 18.8. The Morgan fingerprint density at radius 3 is 2.38 bits per heavy atom. The fourth-order valence-corrected chi connectivity index (χ4v) is 3.17. The first kappa shape index (κ1) is 17.9. The van der Waals surface area contributed by atoms with E-state index in [0.29, 0.717) is 12.1 Å². The number of benzene rings is 1. The maximum absolute atomic E-state index is 13.1. The van der Waals surface area contributed by atoms with Crippen LogP contribution in [0.25, 0.3) is 5.69 Å². The third-order valence-electron chi connectivity index (χ3n) is 4.63. The molecule has 6 heteroatoms. The number of aromatic nitrogens is 4. The van der Waals surface area contributed by atoms with E-state index < -0.39 is 0 Å². The minimum atomic E-state index is -0.0224. The molecule has 0 aliphatic rings. The highest BCUT2D eigenvalue weighted by Gasteiger charge is 2.23. The fourth-order valence-electron chi connectivity index (χ4n) is 3.17. The first-order valence-corrected chi connectivity index (χ1v) is 8.82. The molecule has 1 aromatic carbocycles. The summed E-state index contributed by atoms with van der Waals surface area (Å²) < 4.78 is 3.73. The predicted molar refractivity (Wildman–Crippen MR) is 101 cm³/mol. The van der Waals surface area contributed by atoms with Gasteiger partial charge in [-0.05, 0) is 39.8 Å². The van der Waals surface area contributed by atoms with Gasteiger partial charge in [0.2, 0.25) is 0 Å². The third-order valence-corrected chi connectivity index (χ3v) is 4.63. The van der Waals surface area contributed by atoms with Crippen LogP contribution in [0.5, 0.6) is 0 Å². The van der Waals surface area contributed by atoms with Gasteiger partial charge >= 0.3 is 0 Å². The average Bonchev–Trinajstić information content (AvgIpc) is 3.14. The first-order chi connectivity index (χ1) is 12.4. The highest BCUT2D eigenvalue weighted by Crippen LogP contribution is 2.20. The highest BCUT2D eigenvalue weighted by atomic mass is 16.2. The highest BCUT2D eigenvalue weighted by molar-refractivity contribution is 5.96. The van der Waals surface area contributed by atoms with Crippen LogP contribution in [0.2, 0.25) is 0 Å². The van der Waals surface area contributed by atoms with Crippen molar-refractivity contribution < 1.29 is 4.79 Å². The van der Waals surface area contributed by atoms with Crippen LogP contribution in [0.4, 0.5) is 0 Å². The van der Waals surface area contributed by atoms with Gasteiger partial charge in [0.15, 0.2) is 0 Å². The molecule has 26 heavy (non-hydrogen) atoms. The summed E-state index contributed by atoms with van der Waals surface area (Å²) in [6, 6.07) is 9.87. The van der Waals surface area contributed by atoms with Gasteiger partial charge in [0.1, 0.15) is 0 Å². The monoisotopic (exact) mass is 351 g/mol. The lowest BCUT2D eigenvalue weighted by atomic mass is 10.1. The van der Waals surface area contributed by atoms with E-state index in [2.05, 4.69) is 17.1 Å². The van der Waals surface area contributed by atoms with E-state index in [1.54, 1.807) is 4.90 Å². The molecule has 0 aliphatic carbocycles. The summed E-state index contributed by atoms with van der Waals surface area (Å²) in [5, 5.41) is 9.03. The summed E-state index contributed by atoms with van der Waals surface area (Å²) in [5.74, 6) is -0.0224. The van der Waals surface area contributed by atoms with Crippen LogP contribution in [0.3, 0.4) is 0 Å². The second-order valence-electron chi connectivity index (χ2n) is 6.55. The van der Waals surface area contributed by atoms with Crippen LogP contribution in [0.1, 0.15) is 39.9 Å². The van der Waals surface area contributed by atoms with Crippen molar-refractivity contribution >= 4 is 5.91 Å². The number of amides is 1. The number of hydrogen-bond donors (Lipinski definition) is 0. The Bertz CT molecular complexity index is 923. The van der Waals surface area contributed by atoms with E-state index in [0.717, 1.165) is 34.9 Å². The van der Waals surface area contributed by atoms with Gasteiger partial charge in [-0.1, -0.05) is 18.2 Å². The van der Waals surface area contributed by atoms with Crippen molar-refractivity contribution in [3.8, 4) is 5.69 Å². The van der Waals surface area contributed by atoms with Crippen molar-refractivity contribution in [3.63, 3.8) is 0 Å². The molecule has 0 atom stereocenters. The van der Waals surface area contributed by atoms with Crippen molar-refractivity contribution in [2.24, 2.45) is 0 Å². The van der Waals surface area contributed by atoms with Gasteiger partial charge in [0, 0.05) is 31.9 Å². The predicted octanol–water partition coefficient (Wildman–Crippen LogP) is 3.29. The molecule has 2 heterocycles. The van der Waals surface area contributed by atoms with Gasteiger partial charge in [0.25, 0.3) is 5.91 Å². The third kappa shape index (κ3) is 3.27. The van der Waals surface area contributed by atoms with Crippen molar-refractivity contribution in [3.05, 3.63) is 64.7 Å². The smallest absolute Gasteiger partial charge is 0.257 e. The molecule has 0 spiro atoms. The molecule has 0 bridgehead atoms. The van der Waals surface area contributed by atoms with Crippen LogP contribution < -0.4 is 0 Å². The molecule has 0 unspecified atom stereocenters. The maximum Gasteiger partial charge on any atom is 0.257 e. The fraction of sp³-hybridized carbons (Fsp3) is 0.350. The molecular formula is C20H25N5O. The van der Waals surface area contributed by atoms with Crippen molar-refractivity contribution in [2.45, 2.75) is 40.8 Å². The minimum Gasteiger partial charge on any atom is -0.337 e. The second-order valence-corrected chi connectivity index (χ2v) is 6.55. The van der Waals surface area contributed by atoms with E-state index >= 15 is 0 Å². The SMILES string of the molecule is CCn1cc(CN(C)C(=O)c2c(C)nn(-c3ccccc3)c2C)c(C)n1. The Kier molecular flexibility index (Phi) is 4.93. The molecule has 0 aliphatic heterocycles. The van der Waals surface area contributed by atoms with Crippen molar-refractivity contribution in [1.29, 1.82) is 0 Å². The second kappa shape index (κ2) is 7.15. The Balaban J connectivity index is 1.87. The largest absolute Gasteiger partial charge is 0.337 e. The number of carbonyl (C=O) groups excluding carboxylic acids is 1. The molecule has 1 amide bonds. The Hall–Kier alpha value is -2.89. The molecule has 6 nitrogen and oxygen atoms in total. The van der Waals surface area contributed by atoms with Crippen LogP contribution in [-0.2, 0) is 13.1 Å². The number of hydrogen-bond acceptors (Lipinski definition) is 3. The summed E-state index contributed by atoms with van der Waals surface area (Å²) in [4.78, 5) is 14.8. The van der Waals surface area contributed by atoms with Crippen LogP contribution >= 0.6 is 0 Å². The van der Waals surface area contributed by atoms with E-state index in [1.807, 2.05) is 73.7 Å². The summed E-state index contributed by atoms with van der Waals surface area (Å²) in [7, 11) is 1.82. The van der Waals surface area contributed by atoms with E-state index in [-0.39, 0.29) is 5.91 Å². The molecule has 0 saturated heterocycles. The summed E-state index contributed by atoms with van der Waals surface area (Å²) >= 11 is 0. The Labute approximate surface area is 154 Å². The lowest BCUT2D eigenvalue weighted by Gasteiger charge is -2.17. The van der Waals surface area contributed by atoms with Gasteiger partial charge in [-0.25, -0.2) is 4.68 Å². The first-order valence-electron chi connectivity index (χ1n) is 8.82. The zero-order valence-corrected chi connectivity index (χ0v) is 16.0. The van der Waals surface area contributed by atoms with E-state index in [4.69, 9.17) is 0 Å². The number of aryl methyl sites for hydroxylation is 3. The van der Waals surface area contributed by atoms with Crippen LogP contribution in [0.15, 0.2) is 36.5 Å². The molecule has 0 saturated carbocycles. The number of nitrogens with zero attached hydrogens (tertiary/aromatic N) is 5. The topological polar surface area (TPSA) is 56.0 Å². The van der Waals surface area contributed by atoms with Crippen molar-refractivity contribution in [1.82, 2.24) is 24.5 Å². The normalized spacial score (nSPS) is 11.0. The van der Waals surface area contributed by atoms with Gasteiger partial charge < -0.3 is 4.90 Å². The van der Waals surface area contributed by atoms with Gasteiger partial charge in [-0.3, -0.25) is 9.48 Å². The number of rotatable bonds is 5. The molecule has 0 fully saturated rings. The molecule has 0 N–H and O–H groups in total. The molecule has 0 radical (unpaired) electrons. The van der Waals surface area contributed by atoms with Crippen molar-refractivity contribution in [2.75, 3.05) is 7.05 Å². The van der Waals surface area contributed by atoms with Crippen LogP contribution in [-0.4, -0.2) is 37.4 Å². The summed E-state index contributed by atoms with van der Waals surface area (Å²) in [5.41, 5.74) is 5.23. The quantitative estimate of drug-likeness (QED) is 0.709. The molecule has 2 aromatic heterocycles. The van der Waals surface area contributed by atoms with Crippen LogP contribution in [0, 0.1) is 20.8 Å². The molecular weight excluding hydrogens is 326 g/mol. The van der Waals surface area contributed by atoms with Gasteiger partial charge in [0.05, 0.1) is 28.3 Å². The Morgan fingerprint density at radius 1 is 1.08 bits per heavy atom. The average molecular weight is 351 g/mol. The standard InChI is InChI=1S/C20H25N5O/c1-6-24-13-17(14(2)21-24)12-23(5)20(26)19-15(3)22-25(16(19)4)18-10-8-7-9-11-18/h7-11,13H,6,12H2,1-5H3. The zero-order valence-electron chi connectivity index (χ0n) is 16.0. The van der Waals surface area contributed by atoms with Gasteiger partial charge in [-0.15, -0.1) is 0 Å². The Morgan fingerprint density at radius 2 is 1.77 bits per heavy atom. The maximum atomic E-state index is 13.1. The van der Waals surface area contributed by atoms with Gasteiger partial charge in [-0.2, -0.15) is 10.2 Å². The summed E-state index contributed by atoms with van der Waals surface area (Å²) in [6.07, 6.45) is 2.01.